The summed E-state index contributed by atoms with van der Waals surface area (Å²) in [7, 11) is 1.80. The second kappa shape index (κ2) is 14.7. The molecule has 5 heteroatoms. The molecule has 0 aliphatic carbocycles. The molecule has 0 unspecified atom stereocenters. The van der Waals surface area contributed by atoms with Gasteiger partial charge in [0.2, 0.25) is 0 Å². The van der Waals surface area contributed by atoms with Crippen molar-refractivity contribution in [1.82, 2.24) is 9.55 Å². The second-order valence-electron chi connectivity index (χ2n) is 4.31. The first-order valence-corrected chi connectivity index (χ1v) is 7.52. The van der Waals surface area contributed by atoms with Gasteiger partial charge in [0.05, 0.1) is 11.0 Å². The van der Waals surface area contributed by atoms with E-state index in [1.807, 2.05) is 59.0 Å². The Morgan fingerprint density at radius 3 is 2.08 bits per heavy atom. The average molecular weight is 385 g/mol. The van der Waals surface area contributed by atoms with E-state index in [1.54, 1.807) is 17.7 Å². The van der Waals surface area contributed by atoms with Crippen molar-refractivity contribution in [2.75, 3.05) is 0 Å². The van der Waals surface area contributed by atoms with E-state index >= 15 is 0 Å². The number of fused-ring (bicyclic) bond motifs is 3. The molecule has 3 rings (SSSR count). The molecule has 3 nitrogen and oxygen atoms in total. The van der Waals surface area contributed by atoms with E-state index in [9.17, 15) is 4.79 Å². The summed E-state index contributed by atoms with van der Waals surface area (Å²) in [6.07, 6.45) is 1.81. The van der Waals surface area contributed by atoms with Crippen LogP contribution in [0.1, 0.15) is 33.3 Å². The van der Waals surface area contributed by atoms with Gasteiger partial charge in [0, 0.05) is 30.1 Å². The molecule has 0 fully saturated rings. The Balaban J connectivity index is -0.000000259. The molecular formula is C20H31FN2OV. The Kier molecular flexibility index (Phi) is 18.3. The molecule has 2 aromatic heterocycles. The predicted octanol–water partition coefficient (Wildman–Crippen LogP) is 5.50. The van der Waals surface area contributed by atoms with Crippen LogP contribution in [0.2, 0.25) is 0 Å². The first-order chi connectivity index (χ1) is 10.2. The van der Waals surface area contributed by atoms with Gasteiger partial charge in [-0.15, -0.1) is 0 Å². The topological polar surface area (TPSA) is 34.9 Å². The van der Waals surface area contributed by atoms with Gasteiger partial charge in [-0.1, -0.05) is 39.3 Å². The molecule has 0 N–H and O–H groups in total. The molecule has 0 aliphatic rings. The maximum atomic E-state index is 11.7. The Hall–Kier alpha value is -1.65. The van der Waals surface area contributed by atoms with Crippen molar-refractivity contribution in [3.8, 4) is 0 Å². The first-order valence-electron chi connectivity index (χ1n) is 7.52. The van der Waals surface area contributed by atoms with E-state index in [-0.39, 0.29) is 43.7 Å². The SMILES string of the molecule is CC.CC.Cc1ccc2ncc3ccc(=O)n(C)c3c2c1.F.[CH3-].[CH3-].[V+2]. The molecule has 0 aliphatic heterocycles. The fourth-order valence-electron chi connectivity index (χ4n) is 2.19. The molecule has 0 saturated heterocycles. The van der Waals surface area contributed by atoms with Crippen LogP contribution < -0.4 is 5.56 Å². The number of hydrogen-bond acceptors (Lipinski definition) is 2. The van der Waals surface area contributed by atoms with Gasteiger partial charge in [-0.2, -0.15) is 0 Å². The molecule has 0 spiro atoms. The van der Waals surface area contributed by atoms with Gasteiger partial charge >= 0.3 is 18.6 Å². The van der Waals surface area contributed by atoms with Gasteiger partial charge in [0.1, 0.15) is 0 Å². The number of aryl methyl sites for hydroxylation is 2. The Morgan fingerprint density at radius 1 is 0.960 bits per heavy atom. The second-order valence-corrected chi connectivity index (χ2v) is 4.31. The molecule has 3 aromatic rings. The average Bonchev–Trinajstić information content (AvgIpc) is 2.54. The summed E-state index contributed by atoms with van der Waals surface area (Å²) in [6, 6.07) is 9.49. The minimum Gasteiger partial charge on any atom is -0.358 e. The standard InChI is InChI=1S/C14H12N2O.2C2H6.2CH3.FH.V/c1-9-3-5-12-11(7-9)14-10(8-15-12)4-6-13(17)16(14)2;2*1-2;;;;/h3-8H,1-2H3;2*1-2H3;2*1H3;1H;/q;;;2*-1;;+2. The Morgan fingerprint density at radius 2 is 1.52 bits per heavy atom. The van der Waals surface area contributed by atoms with Crippen LogP contribution in [0, 0.1) is 21.8 Å². The molecule has 1 aromatic carbocycles. The zero-order valence-corrected chi connectivity index (χ0v) is 18.0. The summed E-state index contributed by atoms with van der Waals surface area (Å²) in [5.74, 6) is 0. The van der Waals surface area contributed by atoms with Crippen molar-refractivity contribution in [1.29, 1.82) is 0 Å². The number of nitrogens with zero attached hydrogens (tertiary/aromatic N) is 2. The number of rotatable bonds is 0. The molecule has 2 heterocycles. The molecule has 0 saturated carbocycles. The maximum Gasteiger partial charge on any atom is 2.00 e. The van der Waals surface area contributed by atoms with Crippen molar-refractivity contribution in [2.24, 2.45) is 7.05 Å². The smallest absolute Gasteiger partial charge is 0.358 e. The fourth-order valence-corrected chi connectivity index (χ4v) is 2.19. The number of halogens is 1. The van der Waals surface area contributed by atoms with Crippen LogP contribution in [0.5, 0.6) is 0 Å². The van der Waals surface area contributed by atoms with E-state index in [2.05, 4.69) is 11.1 Å². The molecule has 139 valence electrons. The summed E-state index contributed by atoms with van der Waals surface area (Å²) < 4.78 is 1.68. The van der Waals surface area contributed by atoms with Crippen molar-refractivity contribution in [2.45, 2.75) is 34.6 Å². The Bertz CT molecular complexity index is 801. The van der Waals surface area contributed by atoms with Crippen LogP contribution in [0.15, 0.2) is 41.3 Å². The minimum atomic E-state index is 0. The van der Waals surface area contributed by atoms with Gasteiger partial charge in [-0.05, 0) is 25.1 Å². The monoisotopic (exact) mass is 385 g/mol. The summed E-state index contributed by atoms with van der Waals surface area (Å²) in [4.78, 5) is 16.1. The summed E-state index contributed by atoms with van der Waals surface area (Å²) >= 11 is 0. The zero-order chi connectivity index (χ0) is 16.0. The van der Waals surface area contributed by atoms with Gasteiger partial charge < -0.3 is 19.4 Å². The molecule has 25 heavy (non-hydrogen) atoms. The number of pyridine rings is 2. The minimum absolute atomic E-state index is 0. The molecule has 0 amide bonds. The summed E-state index contributed by atoms with van der Waals surface area (Å²) in [5, 5.41) is 2.02. The zero-order valence-electron chi connectivity index (χ0n) is 16.6. The van der Waals surface area contributed by atoms with Crippen LogP contribution in [-0.4, -0.2) is 9.55 Å². The Labute approximate surface area is 163 Å². The first kappa shape index (κ1) is 31.2. The van der Waals surface area contributed by atoms with Crippen molar-refractivity contribution in [3.63, 3.8) is 0 Å². The van der Waals surface area contributed by atoms with Crippen molar-refractivity contribution >= 4 is 21.8 Å². The van der Waals surface area contributed by atoms with Gasteiger partial charge in [0.15, 0.2) is 0 Å². The normalized spacial score (nSPS) is 8.08. The third-order valence-corrected chi connectivity index (χ3v) is 3.09. The number of hydrogen-bond donors (Lipinski definition) is 0. The van der Waals surface area contributed by atoms with Gasteiger partial charge in [0.25, 0.3) is 5.56 Å². The van der Waals surface area contributed by atoms with Crippen molar-refractivity contribution in [3.05, 3.63) is 67.3 Å². The number of aromatic nitrogens is 2. The molecule has 1 radical (unpaired) electrons. The molecule has 0 atom stereocenters. The maximum absolute atomic E-state index is 11.7. The van der Waals surface area contributed by atoms with E-state index in [0.717, 1.165) is 21.8 Å². The van der Waals surface area contributed by atoms with E-state index in [0.29, 0.717) is 0 Å². The summed E-state index contributed by atoms with van der Waals surface area (Å²) in [6.45, 7) is 10.0. The van der Waals surface area contributed by atoms with E-state index < -0.39 is 0 Å². The molecule has 0 bridgehead atoms. The fraction of sp³-hybridized carbons (Fsp3) is 0.300. The third-order valence-electron chi connectivity index (χ3n) is 3.09. The van der Waals surface area contributed by atoms with Crippen LogP contribution in [0.25, 0.3) is 21.8 Å². The number of benzene rings is 1. The predicted molar refractivity (Wildman–Crippen MR) is 107 cm³/mol. The van der Waals surface area contributed by atoms with E-state index in [4.69, 9.17) is 0 Å². The van der Waals surface area contributed by atoms with Crippen LogP contribution in [0.3, 0.4) is 0 Å². The van der Waals surface area contributed by atoms with Gasteiger partial charge in [-0.3, -0.25) is 14.5 Å². The van der Waals surface area contributed by atoms with Crippen LogP contribution >= 0.6 is 0 Å². The van der Waals surface area contributed by atoms with Crippen molar-refractivity contribution < 1.29 is 23.3 Å². The van der Waals surface area contributed by atoms with Gasteiger partial charge in [-0.25, -0.2) is 0 Å². The van der Waals surface area contributed by atoms with E-state index in [1.165, 1.54) is 5.56 Å². The third kappa shape index (κ3) is 6.64. The van der Waals surface area contributed by atoms with Crippen LogP contribution in [0.4, 0.5) is 4.70 Å². The largest absolute Gasteiger partial charge is 2.00 e. The summed E-state index contributed by atoms with van der Waals surface area (Å²) in [5.41, 5.74) is 3.05. The van der Waals surface area contributed by atoms with Crippen LogP contribution in [-0.2, 0) is 25.6 Å². The molecular weight excluding hydrogens is 354 g/mol. The quantitative estimate of drug-likeness (QED) is 0.378.